The molecule has 0 radical (unpaired) electrons. The number of aryl methyl sites for hydroxylation is 1. The number of anilines is 1. The van der Waals surface area contributed by atoms with E-state index >= 15 is 0 Å². The van der Waals surface area contributed by atoms with Gasteiger partial charge in [0.25, 0.3) is 0 Å². The van der Waals surface area contributed by atoms with Crippen molar-refractivity contribution in [3.8, 4) is 0 Å². The van der Waals surface area contributed by atoms with E-state index in [1.165, 1.54) is 11.8 Å². The molecule has 0 bridgehead atoms. The Kier molecular flexibility index (Phi) is 4.73. The van der Waals surface area contributed by atoms with Gasteiger partial charge in [-0.25, -0.2) is 8.42 Å². The summed E-state index contributed by atoms with van der Waals surface area (Å²) >= 11 is 1.46. The molecule has 23 heavy (non-hydrogen) atoms. The fourth-order valence-electron chi connectivity index (χ4n) is 2.35. The summed E-state index contributed by atoms with van der Waals surface area (Å²) in [4.78, 5) is 4.80. The van der Waals surface area contributed by atoms with Gasteiger partial charge in [0.05, 0.1) is 16.7 Å². The lowest BCUT2D eigenvalue weighted by Crippen LogP contribution is -2.32. The number of nitrogens with zero attached hydrogens (tertiary/aromatic N) is 1. The molecule has 1 atom stereocenters. The van der Waals surface area contributed by atoms with Gasteiger partial charge in [0.15, 0.2) is 15.0 Å². The van der Waals surface area contributed by atoms with Crippen LogP contribution in [-0.4, -0.2) is 31.1 Å². The first kappa shape index (κ1) is 16.1. The van der Waals surface area contributed by atoms with E-state index in [-0.39, 0.29) is 0 Å². The zero-order valence-corrected chi connectivity index (χ0v) is 14.4. The topological polar surface area (TPSA) is 58.5 Å². The average Bonchev–Trinajstić information content (AvgIpc) is 2.58. The monoisotopic (exact) mass is 346 g/mol. The smallest absolute Gasteiger partial charge is 0.183 e. The highest BCUT2D eigenvalue weighted by Gasteiger charge is 2.30. The molecule has 120 valence electrons. The van der Waals surface area contributed by atoms with E-state index in [9.17, 15) is 8.42 Å². The van der Waals surface area contributed by atoms with Crippen molar-refractivity contribution in [2.24, 2.45) is 4.99 Å². The molecule has 1 unspecified atom stereocenters. The SMILES string of the molecule is Cc1ccccc1NC1=NCC(S(=O)(=O)c2ccccc2)CS1. The van der Waals surface area contributed by atoms with Gasteiger partial charge in [-0.3, -0.25) is 4.99 Å². The maximum atomic E-state index is 12.6. The van der Waals surface area contributed by atoms with Crippen molar-refractivity contribution in [2.75, 3.05) is 17.6 Å². The Labute approximate surface area is 141 Å². The first-order valence-electron chi connectivity index (χ1n) is 7.36. The molecule has 2 aromatic carbocycles. The van der Waals surface area contributed by atoms with Crippen LogP contribution in [0.2, 0.25) is 0 Å². The van der Waals surface area contributed by atoms with E-state index in [2.05, 4.69) is 10.3 Å². The minimum absolute atomic E-state index is 0.290. The first-order chi connectivity index (χ1) is 11.1. The number of para-hydroxylation sites is 1. The number of aliphatic imine (C=N–C) groups is 1. The summed E-state index contributed by atoms with van der Waals surface area (Å²) in [5.74, 6) is 0.509. The lowest BCUT2D eigenvalue weighted by molar-refractivity contribution is 0.585. The molecule has 4 nitrogen and oxygen atoms in total. The fourth-order valence-corrected chi connectivity index (χ4v) is 5.26. The minimum atomic E-state index is -3.32. The highest BCUT2D eigenvalue weighted by Crippen LogP contribution is 2.25. The molecule has 1 aliphatic rings. The van der Waals surface area contributed by atoms with E-state index in [4.69, 9.17) is 0 Å². The van der Waals surface area contributed by atoms with E-state index in [0.717, 1.165) is 16.4 Å². The normalized spacial score (nSPS) is 18.3. The van der Waals surface area contributed by atoms with Crippen molar-refractivity contribution < 1.29 is 8.42 Å². The minimum Gasteiger partial charge on any atom is -0.335 e. The van der Waals surface area contributed by atoms with Gasteiger partial charge in [-0.15, -0.1) is 0 Å². The molecule has 0 fully saturated rings. The van der Waals surface area contributed by atoms with Gasteiger partial charge >= 0.3 is 0 Å². The fraction of sp³-hybridized carbons (Fsp3) is 0.235. The molecular formula is C17H18N2O2S2. The van der Waals surface area contributed by atoms with Gasteiger partial charge in [-0.2, -0.15) is 0 Å². The third-order valence-electron chi connectivity index (χ3n) is 3.74. The van der Waals surface area contributed by atoms with Crippen LogP contribution in [0.1, 0.15) is 5.56 Å². The predicted molar refractivity (Wildman–Crippen MR) is 97.0 cm³/mol. The second-order valence-corrected chi connectivity index (χ2v) is 8.61. The molecule has 0 aliphatic carbocycles. The molecule has 0 spiro atoms. The molecule has 0 amide bonds. The van der Waals surface area contributed by atoms with Crippen molar-refractivity contribution in [1.29, 1.82) is 0 Å². The lowest BCUT2D eigenvalue weighted by Gasteiger charge is -2.22. The van der Waals surface area contributed by atoms with Crippen LogP contribution in [0, 0.1) is 6.92 Å². The number of hydrogen-bond donors (Lipinski definition) is 1. The van der Waals surface area contributed by atoms with Crippen LogP contribution in [0.3, 0.4) is 0 Å². The van der Waals surface area contributed by atoms with E-state index in [1.807, 2.05) is 37.3 Å². The van der Waals surface area contributed by atoms with Crippen molar-refractivity contribution in [1.82, 2.24) is 0 Å². The molecule has 0 aromatic heterocycles. The third-order valence-corrected chi connectivity index (χ3v) is 7.15. The van der Waals surface area contributed by atoms with Crippen LogP contribution < -0.4 is 5.32 Å². The summed E-state index contributed by atoms with van der Waals surface area (Å²) in [5.41, 5.74) is 2.14. The van der Waals surface area contributed by atoms with Gasteiger partial charge in [0.2, 0.25) is 0 Å². The zero-order valence-electron chi connectivity index (χ0n) is 12.8. The van der Waals surface area contributed by atoms with Crippen LogP contribution in [0.4, 0.5) is 5.69 Å². The summed E-state index contributed by atoms with van der Waals surface area (Å²) in [6.07, 6.45) is 0. The molecule has 0 saturated carbocycles. The van der Waals surface area contributed by atoms with Crippen LogP contribution in [0.25, 0.3) is 0 Å². The molecule has 1 heterocycles. The summed E-state index contributed by atoms with van der Waals surface area (Å²) in [6, 6.07) is 16.6. The van der Waals surface area contributed by atoms with Crippen molar-refractivity contribution in [2.45, 2.75) is 17.1 Å². The number of amidine groups is 1. The van der Waals surface area contributed by atoms with Gasteiger partial charge in [0.1, 0.15) is 0 Å². The van der Waals surface area contributed by atoms with Crippen molar-refractivity contribution >= 4 is 32.5 Å². The summed E-state index contributed by atoms with van der Waals surface area (Å²) in [6.45, 7) is 2.32. The lowest BCUT2D eigenvalue weighted by atomic mass is 10.2. The standard InChI is InChI=1S/C17H18N2O2S2/c1-13-7-5-6-10-16(13)19-17-18-11-15(12-22-17)23(20,21)14-8-3-2-4-9-14/h2-10,15H,11-12H2,1H3,(H,18,19). The summed E-state index contributed by atoms with van der Waals surface area (Å²) in [5, 5.41) is 3.58. The molecule has 1 aliphatic heterocycles. The number of nitrogens with one attached hydrogen (secondary N) is 1. The summed E-state index contributed by atoms with van der Waals surface area (Å²) < 4.78 is 25.2. The Bertz CT molecular complexity index is 817. The van der Waals surface area contributed by atoms with Gasteiger partial charge in [-0.05, 0) is 30.7 Å². The van der Waals surface area contributed by atoms with Crippen LogP contribution >= 0.6 is 11.8 Å². The van der Waals surface area contributed by atoms with Crippen LogP contribution in [0.5, 0.6) is 0 Å². The molecule has 6 heteroatoms. The molecule has 1 N–H and O–H groups in total. The second kappa shape index (κ2) is 6.76. The number of rotatable bonds is 3. The third kappa shape index (κ3) is 3.59. The number of sulfone groups is 1. The molecular weight excluding hydrogens is 328 g/mol. The van der Waals surface area contributed by atoms with E-state index in [1.54, 1.807) is 24.3 Å². The highest BCUT2D eigenvalue weighted by molar-refractivity contribution is 8.14. The Morgan fingerprint density at radius 3 is 2.43 bits per heavy atom. The Hall–Kier alpha value is -1.79. The number of thioether (sulfide) groups is 1. The van der Waals surface area contributed by atoms with Gasteiger partial charge in [-0.1, -0.05) is 48.2 Å². The van der Waals surface area contributed by atoms with E-state index < -0.39 is 15.1 Å². The van der Waals surface area contributed by atoms with Crippen LogP contribution in [-0.2, 0) is 9.84 Å². The second-order valence-electron chi connectivity index (χ2n) is 5.38. The van der Waals surface area contributed by atoms with Crippen molar-refractivity contribution in [3.63, 3.8) is 0 Å². The Balaban J connectivity index is 1.72. The molecule has 0 saturated heterocycles. The average molecular weight is 346 g/mol. The number of hydrogen-bond acceptors (Lipinski definition) is 5. The first-order valence-corrected chi connectivity index (χ1v) is 9.89. The summed E-state index contributed by atoms with van der Waals surface area (Å²) in [7, 11) is -3.32. The van der Waals surface area contributed by atoms with Crippen molar-refractivity contribution in [3.05, 3.63) is 60.2 Å². The highest BCUT2D eigenvalue weighted by atomic mass is 32.2. The molecule has 2 aromatic rings. The van der Waals surface area contributed by atoms with Gasteiger partial charge < -0.3 is 5.32 Å². The maximum Gasteiger partial charge on any atom is 0.183 e. The maximum absolute atomic E-state index is 12.6. The molecule has 3 rings (SSSR count). The Morgan fingerprint density at radius 2 is 1.78 bits per heavy atom. The zero-order chi connectivity index (χ0) is 16.3. The Morgan fingerprint density at radius 1 is 1.09 bits per heavy atom. The van der Waals surface area contributed by atoms with Crippen LogP contribution in [0.15, 0.2) is 64.5 Å². The quantitative estimate of drug-likeness (QED) is 0.926. The van der Waals surface area contributed by atoms with E-state index in [0.29, 0.717) is 17.2 Å². The predicted octanol–water partition coefficient (Wildman–Crippen LogP) is 3.35. The van der Waals surface area contributed by atoms with Gasteiger partial charge in [0, 0.05) is 11.4 Å². The number of benzene rings is 2. The largest absolute Gasteiger partial charge is 0.335 e.